The van der Waals surface area contributed by atoms with Gasteiger partial charge in [-0.15, -0.1) is 0 Å². The third kappa shape index (κ3) is 6.27. The van der Waals surface area contributed by atoms with Gasteiger partial charge in [-0.2, -0.15) is 0 Å². The zero-order valence-corrected chi connectivity index (χ0v) is 17.6. The van der Waals surface area contributed by atoms with Crippen LogP contribution in [0.2, 0.25) is 0 Å². The molecule has 0 spiro atoms. The molecule has 1 N–H and O–H groups in total. The van der Waals surface area contributed by atoms with Crippen molar-refractivity contribution in [1.29, 1.82) is 0 Å². The zero-order chi connectivity index (χ0) is 20.6. The first-order valence-electron chi connectivity index (χ1n) is 10.3. The monoisotopic (exact) mass is 397 g/mol. The van der Waals surface area contributed by atoms with E-state index < -0.39 is 0 Å². The summed E-state index contributed by atoms with van der Waals surface area (Å²) in [4.78, 5) is 19.2. The van der Waals surface area contributed by atoms with Crippen molar-refractivity contribution in [3.8, 4) is 11.6 Å². The highest BCUT2D eigenvalue weighted by Gasteiger charge is 2.21. The topological polar surface area (TPSA) is 63.7 Å². The number of rotatable bonds is 8. The maximum Gasteiger partial charge on any atom is 0.253 e. The quantitative estimate of drug-likeness (QED) is 0.733. The number of carbonyl (C=O) groups excluding carboxylic acids is 1. The Hall–Kier alpha value is -2.44. The van der Waals surface area contributed by atoms with Gasteiger partial charge >= 0.3 is 0 Å². The first kappa shape index (κ1) is 21.3. The van der Waals surface area contributed by atoms with Gasteiger partial charge in [0.05, 0.1) is 12.2 Å². The summed E-state index contributed by atoms with van der Waals surface area (Å²) in [5.41, 5.74) is 1.82. The van der Waals surface area contributed by atoms with Crippen molar-refractivity contribution in [3.63, 3.8) is 0 Å². The highest BCUT2D eigenvalue weighted by molar-refractivity contribution is 5.94. The Kier molecular flexibility index (Phi) is 7.61. The van der Waals surface area contributed by atoms with E-state index >= 15 is 0 Å². The lowest BCUT2D eigenvalue weighted by atomic mass is 10.0. The lowest BCUT2D eigenvalue weighted by molar-refractivity contribution is 0.0892. The fourth-order valence-corrected chi connectivity index (χ4v) is 3.41. The standard InChI is InChI=1S/C23H31N3O3/c1-17(2)18-4-7-21(8-5-18)29-22-9-6-19(16-24-22)23(27)25-20-10-12-26(13-11-20)14-15-28-3/h4-9,16-17,20H,10-15H2,1-3H3,(H,25,27). The Morgan fingerprint density at radius 3 is 2.48 bits per heavy atom. The van der Waals surface area contributed by atoms with Crippen LogP contribution in [0.5, 0.6) is 11.6 Å². The van der Waals surface area contributed by atoms with E-state index in [0.717, 1.165) is 44.8 Å². The van der Waals surface area contributed by atoms with Gasteiger partial charge < -0.3 is 19.7 Å². The van der Waals surface area contributed by atoms with Crippen molar-refractivity contribution in [2.45, 2.75) is 38.6 Å². The van der Waals surface area contributed by atoms with Gasteiger partial charge in [-0.3, -0.25) is 4.79 Å². The van der Waals surface area contributed by atoms with E-state index in [1.165, 1.54) is 5.56 Å². The van der Waals surface area contributed by atoms with Crippen LogP contribution >= 0.6 is 0 Å². The lowest BCUT2D eigenvalue weighted by Gasteiger charge is -2.32. The Morgan fingerprint density at radius 1 is 1.17 bits per heavy atom. The summed E-state index contributed by atoms with van der Waals surface area (Å²) in [6.45, 7) is 7.98. The smallest absolute Gasteiger partial charge is 0.253 e. The summed E-state index contributed by atoms with van der Waals surface area (Å²) in [5.74, 6) is 1.61. The van der Waals surface area contributed by atoms with Gasteiger partial charge in [-0.25, -0.2) is 4.98 Å². The summed E-state index contributed by atoms with van der Waals surface area (Å²) in [6, 6.07) is 11.7. The van der Waals surface area contributed by atoms with Crippen molar-refractivity contribution in [2.24, 2.45) is 0 Å². The number of nitrogens with one attached hydrogen (secondary N) is 1. The van der Waals surface area contributed by atoms with Crippen LogP contribution < -0.4 is 10.1 Å². The molecule has 0 saturated carbocycles. The van der Waals surface area contributed by atoms with Gasteiger partial charge in [0.2, 0.25) is 5.88 Å². The van der Waals surface area contributed by atoms with Crippen LogP contribution in [-0.2, 0) is 4.74 Å². The highest BCUT2D eigenvalue weighted by Crippen LogP contribution is 2.23. The molecule has 29 heavy (non-hydrogen) atoms. The molecule has 3 rings (SSSR count). The van der Waals surface area contributed by atoms with Crippen molar-refractivity contribution in [2.75, 3.05) is 33.4 Å². The number of nitrogens with zero attached hydrogens (tertiary/aromatic N) is 2. The van der Waals surface area contributed by atoms with E-state index in [1.54, 1.807) is 25.4 Å². The predicted octanol–water partition coefficient (Wildman–Crippen LogP) is 3.84. The average Bonchev–Trinajstić information content (AvgIpc) is 2.74. The van der Waals surface area contributed by atoms with Gasteiger partial charge in [0, 0.05) is 45.0 Å². The van der Waals surface area contributed by atoms with Gasteiger partial charge in [0.15, 0.2) is 0 Å². The third-order valence-electron chi connectivity index (χ3n) is 5.30. The molecule has 0 unspecified atom stereocenters. The van der Waals surface area contributed by atoms with E-state index in [9.17, 15) is 4.79 Å². The third-order valence-corrected chi connectivity index (χ3v) is 5.30. The predicted molar refractivity (Wildman–Crippen MR) is 114 cm³/mol. The molecule has 0 aliphatic carbocycles. The van der Waals surface area contributed by atoms with Crippen LogP contribution in [0, 0.1) is 0 Å². The Bertz CT molecular complexity index is 767. The van der Waals surface area contributed by atoms with Crippen LogP contribution in [0.3, 0.4) is 0 Å². The molecule has 1 aromatic carbocycles. The molecule has 6 heteroatoms. The summed E-state index contributed by atoms with van der Waals surface area (Å²) in [7, 11) is 1.72. The highest BCUT2D eigenvalue weighted by atomic mass is 16.5. The molecule has 2 heterocycles. The summed E-state index contributed by atoms with van der Waals surface area (Å²) in [6.07, 6.45) is 3.48. The number of carbonyl (C=O) groups is 1. The molecule has 1 fully saturated rings. The van der Waals surface area contributed by atoms with Crippen LogP contribution in [0.4, 0.5) is 0 Å². The Labute approximate surface area is 173 Å². The van der Waals surface area contributed by atoms with Gasteiger partial charge in [-0.05, 0) is 42.5 Å². The SMILES string of the molecule is COCCN1CCC(NC(=O)c2ccc(Oc3ccc(C(C)C)cc3)nc2)CC1. The zero-order valence-electron chi connectivity index (χ0n) is 17.6. The largest absolute Gasteiger partial charge is 0.439 e. The minimum absolute atomic E-state index is 0.0827. The van der Waals surface area contributed by atoms with Crippen LogP contribution in [0.25, 0.3) is 0 Å². The molecule has 6 nitrogen and oxygen atoms in total. The number of hydrogen-bond acceptors (Lipinski definition) is 5. The maximum atomic E-state index is 12.5. The van der Waals surface area contributed by atoms with E-state index in [4.69, 9.17) is 9.47 Å². The van der Waals surface area contributed by atoms with Crippen molar-refractivity contribution in [3.05, 3.63) is 53.7 Å². The molecular weight excluding hydrogens is 366 g/mol. The molecule has 1 aliphatic heterocycles. The van der Waals surface area contributed by atoms with Crippen molar-refractivity contribution >= 4 is 5.91 Å². The fraction of sp³-hybridized carbons (Fsp3) is 0.478. The number of hydrogen-bond donors (Lipinski definition) is 1. The number of ether oxygens (including phenoxy) is 2. The number of benzene rings is 1. The van der Waals surface area contributed by atoms with Gasteiger partial charge in [-0.1, -0.05) is 26.0 Å². The normalized spacial score (nSPS) is 15.4. The molecule has 1 amide bonds. The molecule has 1 saturated heterocycles. The second-order valence-electron chi connectivity index (χ2n) is 7.79. The number of likely N-dealkylation sites (tertiary alicyclic amines) is 1. The minimum atomic E-state index is -0.0827. The van der Waals surface area contributed by atoms with Crippen LogP contribution in [0.15, 0.2) is 42.6 Å². The van der Waals surface area contributed by atoms with E-state index in [-0.39, 0.29) is 11.9 Å². The number of pyridine rings is 1. The second-order valence-corrected chi connectivity index (χ2v) is 7.79. The summed E-state index contributed by atoms with van der Waals surface area (Å²) < 4.78 is 10.9. The van der Waals surface area contributed by atoms with Crippen molar-refractivity contribution < 1.29 is 14.3 Å². The van der Waals surface area contributed by atoms with E-state index in [0.29, 0.717) is 17.4 Å². The molecule has 0 atom stereocenters. The van der Waals surface area contributed by atoms with Gasteiger partial charge in [0.1, 0.15) is 5.75 Å². The summed E-state index contributed by atoms with van der Waals surface area (Å²) in [5, 5.41) is 3.12. The summed E-state index contributed by atoms with van der Waals surface area (Å²) >= 11 is 0. The fourth-order valence-electron chi connectivity index (χ4n) is 3.41. The van der Waals surface area contributed by atoms with Crippen LogP contribution in [-0.4, -0.2) is 55.2 Å². The molecule has 2 aromatic rings. The average molecular weight is 398 g/mol. The molecular formula is C23H31N3O3. The minimum Gasteiger partial charge on any atom is -0.439 e. The molecule has 1 aliphatic rings. The molecule has 0 radical (unpaired) electrons. The van der Waals surface area contributed by atoms with Gasteiger partial charge in [0.25, 0.3) is 5.91 Å². The number of piperidine rings is 1. The number of amides is 1. The van der Waals surface area contributed by atoms with E-state index in [1.807, 2.05) is 12.1 Å². The maximum absolute atomic E-state index is 12.5. The Morgan fingerprint density at radius 2 is 1.90 bits per heavy atom. The Balaban J connectivity index is 1.49. The number of aromatic nitrogens is 1. The molecule has 156 valence electrons. The second kappa shape index (κ2) is 10.4. The first-order valence-corrected chi connectivity index (χ1v) is 10.3. The molecule has 1 aromatic heterocycles. The number of methoxy groups -OCH3 is 1. The van der Waals surface area contributed by atoms with E-state index in [2.05, 4.69) is 41.2 Å². The first-order chi connectivity index (χ1) is 14.0. The van der Waals surface area contributed by atoms with Crippen LogP contribution in [0.1, 0.15) is 48.5 Å². The van der Waals surface area contributed by atoms with Crippen molar-refractivity contribution in [1.82, 2.24) is 15.2 Å². The molecule has 0 bridgehead atoms. The lowest BCUT2D eigenvalue weighted by Crippen LogP contribution is -2.45.